The third-order valence-corrected chi connectivity index (χ3v) is 5.99. The lowest BCUT2D eigenvalue weighted by Crippen LogP contribution is -2.44. The monoisotopic (exact) mass is 385 g/mol. The van der Waals surface area contributed by atoms with Gasteiger partial charge in [-0.2, -0.15) is 0 Å². The van der Waals surface area contributed by atoms with Crippen LogP contribution in [0.25, 0.3) is 0 Å². The summed E-state index contributed by atoms with van der Waals surface area (Å²) in [5.41, 5.74) is 2.19. The van der Waals surface area contributed by atoms with Gasteiger partial charge in [-0.3, -0.25) is 4.79 Å². The minimum absolute atomic E-state index is 0.171. The second kappa shape index (κ2) is 8.43. The number of imidazole rings is 1. The molecule has 2 fully saturated rings. The molecule has 0 spiro atoms. The van der Waals surface area contributed by atoms with Crippen LogP contribution in [0, 0.1) is 18.7 Å². The third kappa shape index (κ3) is 4.27. The summed E-state index contributed by atoms with van der Waals surface area (Å²) in [5, 5.41) is 0. The molecule has 1 atom stereocenters. The fourth-order valence-corrected chi connectivity index (χ4v) is 4.25. The fourth-order valence-electron chi connectivity index (χ4n) is 4.25. The first-order chi connectivity index (χ1) is 13.6. The second-order valence-electron chi connectivity index (χ2n) is 8.00. The van der Waals surface area contributed by atoms with Crippen LogP contribution in [0.2, 0.25) is 0 Å². The molecule has 2 aromatic rings. The van der Waals surface area contributed by atoms with Gasteiger partial charge in [-0.15, -0.1) is 0 Å². The second-order valence-corrected chi connectivity index (χ2v) is 8.00. The van der Waals surface area contributed by atoms with Gasteiger partial charge in [0.15, 0.2) is 0 Å². The number of aryl methyl sites for hydroxylation is 1. The minimum Gasteiger partial charge on any atom is -0.368 e. The van der Waals surface area contributed by atoms with E-state index < -0.39 is 0 Å². The number of halogens is 1. The van der Waals surface area contributed by atoms with Crippen molar-refractivity contribution in [2.45, 2.75) is 51.7 Å². The molecule has 0 radical (unpaired) electrons. The van der Waals surface area contributed by atoms with Crippen molar-refractivity contribution in [3.8, 4) is 0 Å². The fraction of sp³-hybridized carbons (Fsp3) is 0.545. The molecular formula is C22H28FN3O2. The standard InChI is InChI=1S/C22H28FN3O2/c1-16-14-24-21(26(16)15-18-4-6-19(23)7-5-18)13-17-8-10-25(11-9-17)22(27)20-3-2-12-28-20/h4-7,14,17,20H,2-3,8-13,15H2,1H3. The predicted molar refractivity (Wildman–Crippen MR) is 104 cm³/mol. The number of amides is 1. The first-order valence-electron chi connectivity index (χ1n) is 10.3. The van der Waals surface area contributed by atoms with Gasteiger partial charge in [0.1, 0.15) is 17.7 Å². The van der Waals surface area contributed by atoms with Gasteiger partial charge in [-0.05, 0) is 56.2 Å². The normalized spacial score (nSPS) is 20.6. The summed E-state index contributed by atoms with van der Waals surface area (Å²) in [7, 11) is 0. The summed E-state index contributed by atoms with van der Waals surface area (Å²) in [6.07, 6.45) is 6.46. The van der Waals surface area contributed by atoms with Crippen LogP contribution in [0.1, 0.15) is 42.8 Å². The van der Waals surface area contributed by atoms with Gasteiger partial charge in [-0.1, -0.05) is 12.1 Å². The number of ether oxygens (including phenoxy) is 1. The highest BCUT2D eigenvalue weighted by atomic mass is 19.1. The number of likely N-dealkylation sites (tertiary alicyclic amines) is 1. The molecule has 1 aromatic heterocycles. The number of carbonyl (C=O) groups excluding carboxylic acids is 1. The van der Waals surface area contributed by atoms with E-state index >= 15 is 0 Å². The predicted octanol–water partition coefficient (Wildman–Crippen LogP) is 3.34. The number of rotatable bonds is 5. The van der Waals surface area contributed by atoms with E-state index in [1.807, 2.05) is 23.2 Å². The molecule has 1 unspecified atom stereocenters. The maximum absolute atomic E-state index is 13.2. The molecule has 0 aliphatic carbocycles. The molecule has 6 heteroatoms. The smallest absolute Gasteiger partial charge is 0.251 e. The largest absolute Gasteiger partial charge is 0.368 e. The molecule has 2 aliphatic heterocycles. The van der Waals surface area contributed by atoms with Crippen molar-refractivity contribution in [2.75, 3.05) is 19.7 Å². The van der Waals surface area contributed by atoms with Crippen LogP contribution in [0.3, 0.4) is 0 Å². The van der Waals surface area contributed by atoms with Gasteiger partial charge in [0.2, 0.25) is 0 Å². The van der Waals surface area contributed by atoms with E-state index in [-0.39, 0.29) is 17.8 Å². The number of piperidine rings is 1. The summed E-state index contributed by atoms with van der Waals surface area (Å²) in [5.74, 6) is 1.56. The molecule has 0 N–H and O–H groups in total. The summed E-state index contributed by atoms with van der Waals surface area (Å²) in [6, 6.07) is 6.66. The zero-order valence-corrected chi connectivity index (χ0v) is 16.4. The number of hydrogen-bond donors (Lipinski definition) is 0. The van der Waals surface area contributed by atoms with Gasteiger partial charge < -0.3 is 14.2 Å². The molecule has 2 aliphatic rings. The maximum atomic E-state index is 13.2. The van der Waals surface area contributed by atoms with E-state index in [4.69, 9.17) is 4.74 Å². The topological polar surface area (TPSA) is 47.4 Å². The van der Waals surface area contributed by atoms with Crippen LogP contribution >= 0.6 is 0 Å². The number of benzene rings is 1. The van der Waals surface area contributed by atoms with Crippen LogP contribution in [-0.4, -0.2) is 46.2 Å². The lowest BCUT2D eigenvalue weighted by Gasteiger charge is -2.33. The van der Waals surface area contributed by atoms with Crippen LogP contribution in [0.15, 0.2) is 30.5 Å². The van der Waals surface area contributed by atoms with Crippen molar-refractivity contribution in [1.29, 1.82) is 0 Å². The van der Waals surface area contributed by atoms with Crippen molar-refractivity contribution in [2.24, 2.45) is 5.92 Å². The summed E-state index contributed by atoms with van der Waals surface area (Å²) < 4.78 is 20.9. The molecule has 4 rings (SSSR count). The van der Waals surface area contributed by atoms with E-state index in [0.29, 0.717) is 19.1 Å². The Morgan fingerprint density at radius 3 is 2.64 bits per heavy atom. The van der Waals surface area contributed by atoms with Crippen molar-refractivity contribution in [3.05, 3.63) is 53.4 Å². The number of hydrogen-bond acceptors (Lipinski definition) is 3. The first-order valence-corrected chi connectivity index (χ1v) is 10.3. The van der Waals surface area contributed by atoms with Crippen molar-refractivity contribution in [3.63, 3.8) is 0 Å². The maximum Gasteiger partial charge on any atom is 0.251 e. The highest BCUT2D eigenvalue weighted by Crippen LogP contribution is 2.24. The summed E-state index contributed by atoms with van der Waals surface area (Å²) in [4.78, 5) is 19.1. The molecule has 0 saturated carbocycles. The Labute approximate surface area is 165 Å². The van der Waals surface area contributed by atoms with E-state index in [0.717, 1.165) is 62.3 Å². The Bertz CT molecular complexity index is 804. The van der Waals surface area contributed by atoms with Gasteiger partial charge >= 0.3 is 0 Å². The molecular weight excluding hydrogens is 357 g/mol. The number of carbonyl (C=O) groups is 1. The Hall–Kier alpha value is -2.21. The Morgan fingerprint density at radius 2 is 1.96 bits per heavy atom. The highest BCUT2D eigenvalue weighted by molar-refractivity contribution is 5.81. The Balaban J connectivity index is 1.35. The molecule has 28 heavy (non-hydrogen) atoms. The van der Waals surface area contributed by atoms with E-state index in [9.17, 15) is 9.18 Å². The van der Waals surface area contributed by atoms with E-state index in [1.54, 1.807) is 0 Å². The average Bonchev–Trinajstić information content (AvgIpc) is 3.36. The number of aromatic nitrogens is 2. The van der Waals surface area contributed by atoms with Crippen molar-refractivity contribution < 1.29 is 13.9 Å². The lowest BCUT2D eigenvalue weighted by molar-refractivity contribution is -0.142. The van der Waals surface area contributed by atoms with Crippen molar-refractivity contribution >= 4 is 5.91 Å². The van der Waals surface area contributed by atoms with Crippen LogP contribution < -0.4 is 0 Å². The third-order valence-electron chi connectivity index (χ3n) is 5.99. The molecule has 1 aromatic carbocycles. The van der Waals surface area contributed by atoms with Crippen molar-refractivity contribution in [1.82, 2.24) is 14.5 Å². The minimum atomic E-state index is -0.214. The zero-order chi connectivity index (χ0) is 19.5. The number of nitrogens with zero attached hydrogens (tertiary/aromatic N) is 3. The molecule has 1 amide bonds. The Kier molecular flexibility index (Phi) is 5.76. The quantitative estimate of drug-likeness (QED) is 0.793. The Morgan fingerprint density at radius 1 is 1.21 bits per heavy atom. The van der Waals surface area contributed by atoms with Gasteiger partial charge in [0.25, 0.3) is 5.91 Å². The van der Waals surface area contributed by atoms with Crippen LogP contribution in [0.5, 0.6) is 0 Å². The van der Waals surface area contributed by atoms with Crippen LogP contribution in [-0.2, 0) is 22.5 Å². The SMILES string of the molecule is Cc1cnc(CC2CCN(C(=O)C3CCCO3)CC2)n1Cc1ccc(F)cc1. The summed E-state index contributed by atoms with van der Waals surface area (Å²) >= 11 is 0. The molecule has 2 saturated heterocycles. The lowest BCUT2D eigenvalue weighted by atomic mass is 9.92. The first kappa shape index (κ1) is 19.1. The van der Waals surface area contributed by atoms with Crippen LogP contribution in [0.4, 0.5) is 4.39 Å². The molecule has 0 bridgehead atoms. The zero-order valence-electron chi connectivity index (χ0n) is 16.4. The average molecular weight is 385 g/mol. The molecule has 3 heterocycles. The highest BCUT2D eigenvalue weighted by Gasteiger charge is 2.31. The van der Waals surface area contributed by atoms with E-state index in [1.165, 1.54) is 12.1 Å². The summed E-state index contributed by atoms with van der Waals surface area (Å²) in [6.45, 7) is 5.09. The van der Waals surface area contributed by atoms with Gasteiger partial charge in [0, 0.05) is 44.6 Å². The molecule has 5 nitrogen and oxygen atoms in total. The molecule has 150 valence electrons. The van der Waals surface area contributed by atoms with E-state index in [2.05, 4.69) is 16.5 Å². The van der Waals surface area contributed by atoms with Gasteiger partial charge in [-0.25, -0.2) is 9.37 Å². The van der Waals surface area contributed by atoms with Gasteiger partial charge in [0.05, 0.1) is 0 Å².